The van der Waals surface area contributed by atoms with Crippen molar-refractivity contribution in [2.45, 2.75) is 64.4 Å². The molecule has 1 heterocycles. The molecule has 0 aromatic heterocycles. The monoisotopic (exact) mass is 291 g/mol. The Hall–Kier alpha value is -0.900. The van der Waals surface area contributed by atoms with Crippen LogP contribution in [-0.4, -0.2) is 31.9 Å². The summed E-state index contributed by atoms with van der Waals surface area (Å²) in [7, 11) is 1.99. The van der Waals surface area contributed by atoms with Crippen LogP contribution in [0.3, 0.4) is 0 Å². The highest BCUT2D eigenvalue weighted by atomic mass is 16.5. The van der Waals surface area contributed by atoms with Crippen molar-refractivity contribution in [3.8, 4) is 0 Å². The van der Waals surface area contributed by atoms with Crippen LogP contribution in [0.25, 0.3) is 0 Å². The number of hydrogen-bond donors (Lipinski definition) is 1. The Bertz CT molecular complexity index is 408. The third-order valence-electron chi connectivity index (χ3n) is 4.20. The molecule has 1 aromatic carbocycles. The van der Waals surface area contributed by atoms with Crippen LogP contribution >= 0.6 is 0 Å². The van der Waals surface area contributed by atoms with Crippen molar-refractivity contribution in [2.24, 2.45) is 0 Å². The van der Waals surface area contributed by atoms with E-state index in [1.54, 1.807) is 0 Å². The third-order valence-corrected chi connectivity index (χ3v) is 4.20. The van der Waals surface area contributed by atoms with Crippen LogP contribution in [-0.2, 0) is 16.1 Å². The van der Waals surface area contributed by atoms with Gasteiger partial charge < -0.3 is 14.8 Å². The zero-order valence-corrected chi connectivity index (χ0v) is 13.8. The van der Waals surface area contributed by atoms with Crippen molar-refractivity contribution < 1.29 is 9.47 Å². The first-order chi connectivity index (χ1) is 10.1. The molecule has 21 heavy (non-hydrogen) atoms. The highest BCUT2D eigenvalue weighted by Crippen LogP contribution is 2.23. The lowest BCUT2D eigenvalue weighted by atomic mass is 10.00. The van der Waals surface area contributed by atoms with Gasteiger partial charge in [0.2, 0.25) is 0 Å². The van der Waals surface area contributed by atoms with Gasteiger partial charge in [-0.15, -0.1) is 0 Å². The molecule has 3 unspecified atom stereocenters. The maximum atomic E-state index is 6.07. The number of likely N-dealkylation sites (N-methyl/N-ethyl adjacent to an activating group) is 1. The molecule has 0 spiro atoms. The van der Waals surface area contributed by atoms with Gasteiger partial charge in [0, 0.05) is 6.54 Å². The Kier molecular flexibility index (Phi) is 6.22. The minimum atomic E-state index is 0.309. The summed E-state index contributed by atoms with van der Waals surface area (Å²) >= 11 is 0. The van der Waals surface area contributed by atoms with Crippen molar-refractivity contribution >= 4 is 0 Å². The average molecular weight is 291 g/mol. The molecule has 1 aliphatic rings. The van der Waals surface area contributed by atoms with Gasteiger partial charge in [0.05, 0.1) is 24.9 Å². The number of rotatable bonds is 6. The van der Waals surface area contributed by atoms with Crippen molar-refractivity contribution in [1.82, 2.24) is 5.32 Å². The smallest absolute Gasteiger partial charge is 0.0720 e. The molecule has 0 bridgehead atoms. The van der Waals surface area contributed by atoms with Crippen LogP contribution in [0, 0.1) is 0 Å². The van der Waals surface area contributed by atoms with Gasteiger partial charge in [-0.25, -0.2) is 0 Å². The highest BCUT2D eigenvalue weighted by Gasteiger charge is 2.24. The molecule has 0 saturated carbocycles. The van der Waals surface area contributed by atoms with Gasteiger partial charge in [0.1, 0.15) is 0 Å². The van der Waals surface area contributed by atoms with Gasteiger partial charge >= 0.3 is 0 Å². The average Bonchev–Trinajstić information content (AvgIpc) is 2.45. The van der Waals surface area contributed by atoms with Gasteiger partial charge in [0.15, 0.2) is 0 Å². The predicted molar refractivity (Wildman–Crippen MR) is 86.6 cm³/mol. The van der Waals surface area contributed by atoms with Crippen LogP contribution in [0.1, 0.15) is 50.7 Å². The Labute approximate surface area is 129 Å². The summed E-state index contributed by atoms with van der Waals surface area (Å²) < 4.78 is 11.8. The lowest BCUT2D eigenvalue weighted by Gasteiger charge is -2.32. The second-order valence-electron chi connectivity index (χ2n) is 6.36. The normalized spacial score (nSPS) is 27.5. The molecule has 1 N–H and O–H groups in total. The summed E-state index contributed by atoms with van der Waals surface area (Å²) in [4.78, 5) is 0. The molecule has 0 aliphatic carbocycles. The summed E-state index contributed by atoms with van der Waals surface area (Å²) in [6.45, 7) is 8.21. The van der Waals surface area contributed by atoms with E-state index < -0.39 is 0 Å². The minimum absolute atomic E-state index is 0.309. The third kappa shape index (κ3) is 5.10. The van der Waals surface area contributed by atoms with Gasteiger partial charge in [-0.05, 0) is 50.8 Å². The van der Waals surface area contributed by atoms with E-state index in [0.717, 1.165) is 19.4 Å². The maximum Gasteiger partial charge on any atom is 0.0720 e. The molecular weight excluding hydrogens is 262 g/mol. The fraction of sp³-hybridized carbons (Fsp3) is 0.667. The second kappa shape index (κ2) is 7.92. The van der Waals surface area contributed by atoms with E-state index in [4.69, 9.17) is 9.47 Å². The van der Waals surface area contributed by atoms with Crippen molar-refractivity contribution in [2.75, 3.05) is 13.6 Å². The quantitative estimate of drug-likeness (QED) is 0.870. The van der Waals surface area contributed by atoms with Gasteiger partial charge in [-0.2, -0.15) is 0 Å². The first-order valence-corrected chi connectivity index (χ1v) is 8.09. The Morgan fingerprint density at radius 2 is 1.81 bits per heavy atom. The zero-order chi connectivity index (χ0) is 15.2. The van der Waals surface area contributed by atoms with E-state index in [-0.39, 0.29) is 0 Å². The van der Waals surface area contributed by atoms with Crippen LogP contribution in [0.4, 0.5) is 0 Å². The molecule has 1 aromatic rings. The zero-order valence-electron chi connectivity index (χ0n) is 13.8. The van der Waals surface area contributed by atoms with Gasteiger partial charge in [-0.1, -0.05) is 31.2 Å². The summed E-state index contributed by atoms with van der Waals surface area (Å²) in [6, 6.07) is 8.81. The van der Waals surface area contributed by atoms with Crippen LogP contribution in [0.15, 0.2) is 24.3 Å². The predicted octanol–water partition coefficient (Wildman–Crippen LogP) is 3.48. The van der Waals surface area contributed by atoms with E-state index in [1.165, 1.54) is 11.1 Å². The lowest BCUT2D eigenvalue weighted by molar-refractivity contribution is -0.106. The van der Waals surface area contributed by atoms with Crippen molar-refractivity contribution in [3.63, 3.8) is 0 Å². The largest absolute Gasteiger partial charge is 0.375 e. The summed E-state index contributed by atoms with van der Waals surface area (Å²) in [5.74, 6) is 0.544. The minimum Gasteiger partial charge on any atom is -0.375 e. The highest BCUT2D eigenvalue weighted by molar-refractivity contribution is 5.24. The SMILES string of the molecule is CNCC(C)c1ccc(COC2CC(C)OC(C)C2)cc1. The maximum absolute atomic E-state index is 6.07. The molecule has 2 rings (SSSR count). The first-order valence-electron chi connectivity index (χ1n) is 8.09. The van der Waals surface area contributed by atoms with Crippen molar-refractivity contribution in [3.05, 3.63) is 35.4 Å². The Balaban J connectivity index is 1.83. The summed E-state index contributed by atoms with van der Waals surface area (Å²) in [6.07, 6.45) is 2.95. The van der Waals surface area contributed by atoms with E-state index in [2.05, 4.69) is 50.4 Å². The fourth-order valence-electron chi connectivity index (χ4n) is 3.06. The van der Waals surface area contributed by atoms with E-state index in [9.17, 15) is 0 Å². The lowest BCUT2D eigenvalue weighted by Crippen LogP contribution is -2.33. The fourth-order valence-corrected chi connectivity index (χ4v) is 3.06. The van der Waals surface area contributed by atoms with Crippen LogP contribution < -0.4 is 5.32 Å². The number of ether oxygens (including phenoxy) is 2. The topological polar surface area (TPSA) is 30.5 Å². The second-order valence-corrected chi connectivity index (χ2v) is 6.36. The molecule has 1 saturated heterocycles. The van der Waals surface area contributed by atoms with Crippen LogP contribution in [0.5, 0.6) is 0 Å². The van der Waals surface area contributed by atoms with E-state index in [1.807, 2.05) is 7.05 Å². The summed E-state index contributed by atoms with van der Waals surface area (Å²) in [5, 5.41) is 3.22. The number of hydrogen-bond acceptors (Lipinski definition) is 3. The number of benzene rings is 1. The van der Waals surface area contributed by atoms with Gasteiger partial charge in [0.25, 0.3) is 0 Å². The molecule has 0 radical (unpaired) electrons. The molecule has 0 amide bonds. The van der Waals surface area contributed by atoms with Gasteiger partial charge in [-0.3, -0.25) is 0 Å². The molecular formula is C18H29NO2. The molecule has 1 aliphatic heterocycles. The Morgan fingerprint density at radius 1 is 1.19 bits per heavy atom. The molecule has 3 heteroatoms. The standard InChI is InChI=1S/C18H29NO2/c1-13(11-19-4)17-7-5-16(6-8-17)12-20-18-9-14(2)21-15(3)10-18/h5-8,13-15,18-19H,9-12H2,1-4H3. The summed E-state index contributed by atoms with van der Waals surface area (Å²) in [5.41, 5.74) is 2.63. The molecule has 1 fully saturated rings. The van der Waals surface area contributed by atoms with Crippen LogP contribution in [0.2, 0.25) is 0 Å². The molecule has 3 atom stereocenters. The first kappa shape index (κ1) is 16.5. The Morgan fingerprint density at radius 3 is 2.38 bits per heavy atom. The number of nitrogens with one attached hydrogen (secondary N) is 1. The van der Waals surface area contributed by atoms with E-state index >= 15 is 0 Å². The molecule has 3 nitrogen and oxygen atoms in total. The molecule has 118 valence electrons. The van der Waals surface area contributed by atoms with E-state index in [0.29, 0.717) is 30.8 Å². The van der Waals surface area contributed by atoms with Crippen molar-refractivity contribution in [1.29, 1.82) is 0 Å².